The van der Waals surface area contributed by atoms with Crippen molar-refractivity contribution in [2.24, 2.45) is 17.8 Å². The molecule has 0 aromatic heterocycles. The molecule has 0 spiro atoms. The van der Waals surface area contributed by atoms with Crippen molar-refractivity contribution < 1.29 is 14.6 Å². The van der Waals surface area contributed by atoms with Gasteiger partial charge in [0.05, 0.1) is 12.2 Å². The number of amides is 1. The number of rotatable bonds is 6. The van der Waals surface area contributed by atoms with Gasteiger partial charge < -0.3 is 15.2 Å². The van der Waals surface area contributed by atoms with Crippen LogP contribution < -0.4 is 10.1 Å². The highest BCUT2D eigenvalue weighted by molar-refractivity contribution is 5.82. The highest BCUT2D eigenvalue weighted by Crippen LogP contribution is 2.57. The van der Waals surface area contributed by atoms with E-state index in [0.717, 1.165) is 11.3 Å². The lowest BCUT2D eigenvalue weighted by Crippen LogP contribution is -2.30. The first-order valence-corrected chi connectivity index (χ1v) is 8.28. The lowest BCUT2D eigenvalue weighted by atomic mass is 10.1. The van der Waals surface area contributed by atoms with Gasteiger partial charge in [0, 0.05) is 12.5 Å². The summed E-state index contributed by atoms with van der Waals surface area (Å²) in [6.45, 7) is 4.23. The first kappa shape index (κ1) is 15.3. The van der Waals surface area contributed by atoms with E-state index >= 15 is 0 Å². The molecule has 4 heteroatoms. The van der Waals surface area contributed by atoms with Crippen LogP contribution in [0.1, 0.15) is 44.8 Å². The van der Waals surface area contributed by atoms with Crippen molar-refractivity contribution in [1.29, 1.82) is 0 Å². The SMILES string of the molecule is CC(C)Oc1ccc(C(O)CNC(=O)C2C3CCCC32)cc1. The topological polar surface area (TPSA) is 58.6 Å². The van der Waals surface area contributed by atoms with Crippen LogP contribution in [0.3, 0.4) is 0 Å². The van der Waals surface area contributed by atoms with E-state index in [1.807, 2.05) is 38.1 Å². The van der Waals surface area contributed by atoms with Crippen LogP contribution in [0.15, 0.2) is 24.3 Å². The summed E-state index contributed by atoms with van der Waals surface area (Å²) in [5, 5.41) is 13.1. The Balaban J connectivity index is 1.47. The zero-order valence-corrected chi connectivity index (χ0v) is 13.3. The first-order valence-electron chi connectivity index (χ1n) is 8.28. The number of hydrogen-bond donors (Lipinski definition) is 2. The molecule has 0 bridgehead atoms. The molecular weight excluding hydrogens is 278 g/mol. The van der Waals surface area contributed by atoms with Crippen molar-refractivity contribution in [3.63, 3.8) is 0 Å². The Bertz CT molecular complexity index is 516. The number of aliphatic hydroxyl groups excluding tert-OH is 1. The Labute approximate surface area is 131 Å². The molecular formula is C18H25NO3. The summed E-state index contributed by atoms with van der Waals surface area (Å²) >= 11 is 0. The smallest absolute Gasteiger partial charge is 0.223 e. The fourth-order valence-electron chi connectivity index (χ4n) is 3.68. The fraction of sp³-hybridized carbons (Fsp3) is 0.611. The first-order chi connectivity index (χ1) is 10.6. The van der Waals surface area contributed by atoms with Crippen LogP contribution in [0, 0.1) is 17.8 Å². The summed E-state index contributed by atoms with van der Waals surface area (Å²) in [6, 6.07) is 7.40. The normalized spacial score (nSPS) is 27.4. The summed E-state index contributed by atoms with van der Waals surface area (Å²) in [4.78, 5) is 12.1. The van der Waals surface area contributed by atoms with Crippen LogP contribution in [-0.2, 0) is 4.79 Å². The average Bonchev–Trinajstić information content (AvgIpc) is 2.97. The van der Waals surface area contributed by atoms with E-state index in [0.29, 0.717) is 11.8 Å². The summed E-state index contributed by atoms with van der Waals surface area (Å²) in [6.07, 6.45) is 3.13. The Morgan fingerprint density at radius 1 is 1.27 bits per heavy atom. The molecule has 3 atom stereocenters. The summed E-state index contributed by atoms with van der Waals surface area (Å²) < 4.78 is 5.58. The van der Waals surface area contributed by atoms with Gasteiger partial charge in [-0.15, -0.1) is 0 Å². The third-order valence-corrected chi connectivity index (χ3v) is 4.82. The maximum atomic E-state index is 12.1. The van der Waals surface area contributed by atoms with Gasteiger partial charge in [0.15, 0.2) is 0 Å². The average molecular weight is 303 g/mol. The molecule has 2 N–H and O–H groups in total. The number of ether oxygens (including phenoxy) is 1. The third-order valence-electron chi connectivity index (χ3n) is 4.82. The van der Waals surface area contributed by atoms with Crippen molar-refractivity contribution in [2.75, 3.05) is 6.54 Å². The van der Waals surface area contributed by atoms with E-state index in [1.165, 1.54) is 19.3 Å². The quantitative estimate of drug-likeness (QED) is 0.849. The zero-order valence-electron chi connectivity index (χ0n) is 13.3. The second-order valence-corrected chi connectivity index (χ2v) is 6.78. The molecule has 3 rings (SSSR count). The van der Waals surface area contributed by atoms with E-state index in [4.69, 9.17) is 4.74 Å². The van der Waals surface area contributed by atoms with Gasteiger partial charge in [0.1, 0.15) is 5.75 Å². The highest BCUT2D eigenvalue weighted by atomic mass is 16.5. The minimum absolute atomic E-state index is 0.119. The Morgan fingerprint density at radius 2 is 1.91 bits per heavy atom. The molecule has 0 saturated heterocycles. The number of carbonyl (C=O) groups is 1. The highest BCUT2D eigenvalue weighted by Gasteiger charge is 2.56. The van der Waals surface area contributed by atoms with Gasteiger partial charge in [-0.3, -0.25) is 4.79 Å². The molecule has 2 aliphatic carbocycles. The van der Waals surface area contributed by atoms with E-state index in [2.05, 4.69) is 5.32 Å². The molecule has 2 aliphatic rings. The molecule has 1 aromatic carbocycles. The Morgan fingerprint density at radius 3 is 2.50 bits per heavy atom. The largest absolute Gasteiger partial charge is 0.491 e. The standard InChI is InChI=1S/C18H25NO3/c1-11(2)22-13-8-6-12(7-9-13)16(20)10-19-18(21)17-14-4-3-5-15(14)17/h6-9,11,14-17,20H,3-5,10H2,1-2H3,(H,19,21). The van der Waals surface area contributed by atoms with Gasteiger partial charge in [-0.2, -0.15) is 0 Å². The minimum Gasteiger partial charge on any atom is -0.491 e. The predicted molar refractivity (Wildman–Crippen MR) is 84.5 cm³/mol. The molecule has 2 fully saturated rings. The molecule has 1 amide bonds. The molecule has 1 aromatic rings. The number of carbonyl (C=O) groups excluding carboxylic acids is 1. The molecule has 0 heterocycles. The third kappa shape index (κ3) is 3.27. The lowest BCUT2D eigenvalue weighted by molar-refractivity contribution is -0.123. The Hall–Kier alpha value is -1.55. The predicted octanol–water partition coefficient (Wildman–Crippen LogP) is 2.67. The molecule has 0 aliphatic heterocycles. The number of hydrogen-bond acceptors (Lipinski definition) is 3. The molecule has 0 radical (unpaired) electrons. The molecule has 4 nitrogen and oxygen atoms in total. The van der Waals surface area contributed by atoms with Gasteiger partial charge in [-0.05, 0) is 56.2 Å². The maximum absolute atomic E-state index is 12.1. The maximum Gasteiger partial charge on any atom is 0.223 e. The van der Waals surface area contributed by atoms with Crippen molar-refractivity contribution in [3.8, 4) is 5.75 Å². The van der Waals surface area contributed by atoms with Crippen molar-refractivity contribution in [2.45, 2.75) is 45.3 Å². The van der Waals surface area contributed by atoms with Gasteiger partial charge in [-0.25, -0.2) is 0 Å². The second kappa shape index (κ2) is 6.29. The monoisotopic (exact) mass is 303 g/mol. The Kier molecular flexibility index (Phi) is 4.39. The van der Waals surface area contributed by atoms with Crippen LogP contribution in [-0.4, -0.2) is 23.7 Å². The number of nitrogens with one attached hydrogen (secondary N) is 1. The van der Waals surface area contributed by atoms with Crippen LogP contribution in [0.4, 0.5) is 0 Å². The molecule has 120 valence electrons. The van der Waals surface area contributed by atoms with Gasteiger partial charge in [0.25, 0.3) is 0 Å². The van der Waals surface area contributed by atoms with Gasteiger partial charge >= 0.3 is 0 Å². The van der Waals surface area contributed by atoms with Crippen molar-refractivity contribution >= 4 is 5.91 Å². The summed E-state index contributed by atoms with van der Waals surface area (Å²) in [5.41, 5.74) is 0.799. The van der Waals surface area contributed by atoms with E-state index < -0.39 is 6.10 Å². The fourth-order valence-corrected chi connectivity index (χ4v) is 3.68. The lowest BCUT2D eigenvalue weighted by Gasteiger charge is -2.14. The summed E-state index contributed by atoms with van der Waals surface area (Å²) in [5.74, 6) is 2.35. The van der Waals surface area contributed by atoms with E-state index in [-0.39, 0.29) is 24.5 Å². The number of fused-ring (bicyclic) bond motifs is 1. The molecule has 22 heavy (non-hydrogen) atoms. The summed E-state index contributed by atoms with van der Waals surface area (Å²) in [7, 11) is 0. The van der Waals surface area contributed by atoms with E-state index in [1.54, 1.807) is 0 Å². The number of aliphatic hydroxyl groups is 1. The molecule has 3 unspecified atom stereocenters. The van der Waals surface area contributed by atoms with E-state index in [9.17, 15) is 9.90 Å². The van der Waals surface area contributed by atoms with Gasteiger partial charge in [-0.1, -0.05) is 18.6 Å². The second-order valence-electron chi connectivity index (χ2n) is 6.78. The van der Waals surface area contributed by atoms with Crippen LogP contribution in [0.25, 0.3) is 0 Å². The van der Waals surface area contributed by atoms with Crippen LogP contribution in [0.5, 0.6) is 5.75 Å². The van der Waals surface area contributed by atoms with Crippen LogP contribution in [0.2, 0.25) is 0 Å². The molecule has 2 saturated carbocycles. The zero-order chi connectivity index (χ0) is 15.7. The van der Waals surface area contributed by atoms with Crippen molar-refractivity contribution in [1.82, 2.24) is 5.32 Å². The van der Waals surface area contributed by atoms with Crippen LogP contribution >= 0.6 is 0 Å². The number of benzene rings is 1. The van der Waals surface area contributed by atoms with Gasteiger partial charge in [0.2, 0.25) is 5.91 Å². The van der Waals surface area contributed by atoms with Crippen molar-refractivity contribution in [3.05, 3.63) is 29.8 Å². The minimum atomic E-state index is -0.671.